The molecule has 0 unspecified atom stereocenters. The molecule has 0 saturated carbocycles. The SMILES string of the molecule is Fc1ccc2sc(CBr)c(Br)c2c1. The van der Waals surface area contributed by atoms with Crippen LogP contribution in [0.2, 0.25) is 0 Å². The van der Waals surface area contributed by atoms with Gasteiger partial charge in [-0.1, -0.05) is 15.9 Å². The Morgan fingerprint density at radius 3 is 2.85 bits per heavy atom. The Balaban J connectivity index is 2.77. The number of alkyl halides is 1. The number of benzene rings is 1. The molecule has 1 aromatic heterocycles. The third-order valence-corrected chi connectivity index (χ3v) is 5.05. The van der Waals surface area contributed by atoms with Crippen molar-refractivity contribution in [3.63, 3.8) is 0 Å². The first-order valence-corrected chi connectivity index (χ1v) is 6.38. The van der Waals surface area contributed by atoms with Crippen molar-refractivity contribution in [2.75, 3.05) is 0 Å². The Labute approximate surface area is 96.0 Å². The van der Waals surface area contributed by atoms with E-state index in [9.17, 15) is 4.39 Å². The first-order valence-electron chi connectivity index (χ1n) is 3.65. The predicted octanol–water partition coefficient (Wildman–Crippen LogP) is 4.70. The van der Waals surface area contributed by atoms with Crippen molar-refractivity contribution in [2.45, 2.75) is 5.33 Å². The lowest BCUT2D eigenvalue weighted by Crippen LogP contribution is -1.71. The van der Waals surface area contributed by atoms with Crippen LogP contribution < -0.4 is 0 Å². The first-order chi connectivity index (χ1) is 6.22. The van der Waals surface area contributed by atoms with E-state index >= 15 is 0 Å². The Morgan fingerprint density at radius 2 is 2.15 bits per heavy atom. The topological polar surface area (TPSA) is 0 Å². The van der Waals surface area contributed by atoms with Crippen LogP contribution in [0.25, 0.3) is 10.1 Å². The second-order valence-corrected chi connectivity index (χ2v) is 5.10. The summed E-state index contributed by atoms with van der Waals surface area (Å²) in [5.41, 5.74) is 0. The average molecular weight is 324 g/mol. The van der Waals surface area contributed by atoms with Crippen LogP contribution in [-0.4, -0.2) is 0 Å². The quantitative estimate of drug-likeness (QED) is 0.667. The van der Waals surface area contributed by atoms with Gasteiger partial charge in [0, 0.05) is 24.8 Å². The van der Waals surface area contributed by atoms with Gasteiger partial charge >= 0.3 is 0 Å². The molecule has 13 heavy (non-hydrogen) atoms. The van der Waals surface area contributed by atoms with Gasteiger partial charge in [-0.15, -0.1) is 11.3 Å². The van der Waals surface area contributed by atoms with Crippen molar-refractivity contribution in [1.82, 2.24) is 0 Å². The zero-order valence-electron chi connectivity index (χ0n) is 6.48. The average Bonchev–Trinajstić information content (AvgIpc) is 2.44. The van der Waals surface area contributed by atoms with Crippen LogP contribution in [0.4, 0.5) is 4.39 Å². The highest BCUT2D eigenvalue weighted by molar-refractivity contribution is 9.11. The highest BCUT2D eigenvalue weighted by atomic mass is 79.9. The molecule has 0 aliphatic carbocycles. The lowest BCUT2D eigenvalue weighted by molar-refractivity contribution is 0.630. The van der Waals surface area contributed by atoms with Crippen molar-refractivity contribution in [2.24, 2.45) is 0 Å². The second kappa shape index (κ2) is 3.67. The molecule has 68 valence electrons. The molecule has 0 atom stereocenters. The van der Waals surface area contributed by atoms with E-state index in [1.807, 2.05) is 6.07 Å². The van der Waals surface area contributed by atoms with E-state index in [-0.39, 0.29) is 5.82 Å². The molecule has 0 spiro atoms. The highest BCUT2D eigenvalue weighted by Gasteiger charge is 2.08. The molecular weight excluding hydrogens is 319 g/mol. The molecule has 1 aromatic carbocycles. The molecule has 0 bridgehead atoms. The number of hydrogen-bond donors (Lipinski definition) is 0. The van der Waals surface area contributed by atoms with Gasteiger partial charge < -0.3 is 0 Å². The van der Waals surface area contributed by atoms with Crippen LogP contribution in [0, 0.1) is 5.82 Å². The zero-order chi connectivity index (χ0) is 9.42. The van der Waals surface area contributed by atoms with Crippen molar-refractivity contribution < 1.29 is 4.39 Å². The fraction of sp³-hybridized carbons (Fsp3) is 0.111. The van der Waals surface area contributed by atoms with Gasteiger partial charge in [0.25, 0.3) is 0 Å². The van der Waals surface area contributed by atoms with Crippen LogP contribution in [0.15, 0.2) is 22.7 Å². The molecule has 0 saturated heterocycles. The summed E-state index contributed by atoms with van der Waals surface area (Å²) in [6.07, 6.45) is 0. The van der Waals surface area contributed by atoms with E-state index in [1.54, 1.807) is 17.4 Å². The minimum Gasteiger partial charge on any atom is -0.207 e. The van der Waals surface area contributed by atoms with E-state index in [0.29, 0.717) is 0 Å². The Bertz CT molecular complexity index is 450. The van der Waals surface area contributed by atoms with Gasteiger partial charge in [0.15, 0.2) is 0 Å². The number of fused-ring (bicyclic) bond motifs is 1. The highest BCUT2D eigenvalue weighted by Crippen LogP contribution is 2.36. The Kier molecular flexibility index (Phi) is 2.72. The molecule has 2 rings (SSSR count). The summed E-state index contributed by atoms with van der Waals surface area (Å²) in [6.45, 7) is 0. The summed E-state index contributed by atoms with van der Waals surface area (Å²) in [6, 6.07) is 4.86. The normalized spacial score (nSPS) is 11.0. The van der Waals surface area contributed by atoms with Gasteiger partial charge in [-0.25, -0.2) is 4.39 Å². The maximum absolute atomic E-state index is 12.9. The van der Waals surface area contributed by atoms with E-state index in [4.69, 9.17) is 0 Å². The summed E-state index contributed by atoms with van der Waals surface area (Å²) in [4.78, 5) is 1.20. The van der Waals surface area contributed by atoms with Gasteiger partial charge in [0.1, 0.15) is 5.82 Å². The standard InChI is InChI=1S/C9H5Br2FS/c10-4-8-9(11)6-3-5(12)1-2-7(6)13-8/h1-3H,4H2. The molecule has 4 heteroatoms. The van der Waals surface area contributed by atoms with Gasteiger partial charge in [-0.05, 0) is 34.1 Å². The largest absolute Gasteiger partial charge is 0.207 e. The van der Waals surface area contributed by atoms with E-state index in [0.717, 1.165) is 19.9 Å². The molecule has 2 aromatic rings. The van der Waals surface area contributed by atoms with Crippen molar-refractivity contribution in [1.29, 1.82) is 0 Å². The summed E-state index contributed by atoms with van der Waals surface area (Å²) in [5, 5.41) is 1.76. The third-order valence-electron chi connectivity index (χ3n) is 1.78. The van der Waals surface area contributed by atoms with Crippen LogP contribution in [0.5, 0.6) is 0 Å². The Morgan fingerprint density at radius 1 is 1.38 bits per heavy atom. The molecule has 0 fully saturated rings. The van der Waals surface area contributed by atoms with Crippen LogP contribution in [0.1, 0.15) is 4.88 Å². The fourth-order valence-electron chi connectivity index (χ4n) is 1.18. The lowest BCUT2D eigenvalue weighted by atomic mass is 10.2. The number of rotatable bonds is 1. The first kappa shape index (κ1) is 9.62. The molecule has 0 radical (unpaired) electrons. The summed E-state index contributed by atoms with van der Waals surface area (Å²) < 4.78 is 15.0. The monoisotopic (exact) mass is 322 g/mol. The smallest absolute Gasteiger partial charge is 0.123 e. The van der Waals surface area contributed by atoms with Crippen LogP contribution >= 0.6 is 43.2 Å². The minimum absolute atomic E-state index is 0.188. The van der Waals surface area contributed by atoms with Crippen LogP contribution in [0.3, 0.4) is 0 Å². The molecular formula is C9H5Br2FS. The molecule has 0 nitrogen and oxygen atoms in total. The summed E-state index contributed by atoms with van der Waals surface area (Å²) in [7, 11) is 0. The fourth-order valence-corrected chi connectivity index (χ4v) is 3.95. The number of thiophene rings is 1. The van der Waals surface area contributed by atoms with Crippen molar-refractivity contribution in [3.8, 4) is 0 Å². The number of hydrogen-bond acceptors (Lipinski definition) is 1. The summed E-state index contributed by atoms with van der Waals surface area (Å²) in [5.74, 6) is -0.188. The zero-order valence-corrected chi connectivity index (χ0v) is 10.5. The van der Waals surface area contributed by atoms with Gasteiger partial charge in [0.05, 0.1) is 0 Å². The van der Waals surface area contributed by atoms with E-state index < -0.39 is 0 Å². The molecule has 1 heterocycles. The minimum atomic E-state index is -0.188. The second-order valence-electron chi connectivity index (χ2n) is 2.61. The molecule has 0 N–H and O–H groups in total. The van der Waals surface area contributed by atoms with Crippen molar-refractivity contribution in [3.05, 3.63) is 33.4 Å². The van der Waals surface area contributed by atoms with E-state index in [2.05, 4.69) is 31.9 Å². The van der Waals surface area contributed by atoms with Crippen molar-refractivity contribution >= 4 is 53.3 Å². The molecule has 0 amide bonds. The van der Waals surface area contributed by atoms with Crippen LogP contribution in [-0.2, 0) is 5.33 Å². The number of halogens is 3. The predicted molar refractivity (Wildman–Crippen MR) is 62.1 cm³/mol. The summed E-state index contributed by atoms with van der Waals surface area (Å²) >= 11 is 8.52. The third kappa shape index (κ3) is 1.67. The molecule has 0 aliphatic heterocycles. The van der Waals surface area contributed by atoms with E-state index in [1.165, 1.54) is 10.9 Å². The van der Waals surface area contributed by atoms with Gasteiger partial charge in [-0.2, -0.15) is 0 Å². The molecule has 0 aliphatic rings. The van der Waals surface area contributed by atoms with Gasteiger partial charge in [-0.3, -0.25) is 0 Å². The lowest BCUT2D eigenvalue weighted by Gasteiger charge is -1.90. The maximum atomic E-state index is 12.9. The Hall–Kier alpha value is 0.0700. The van der Waals surface area contributed by atoms with Gasteiger partial charge in [0.2, 0.25) is 0 Å². The maximum Gasteiger partial charge on any atom is 0.123 e.